The smallest absolute Gasteiger partial charge is 0.0253 e. The van der Waals surface area contributed by atoms with Crippen molar-refractivity contribution in [3.63, 3.8) is 0 Å². The SMILES string of the molecule is Cc1cc(CC(C)CC(C)(C)C)ccc1P. The van der Waals surface area contributed by atoms with Crippen molar-refractivity contribution in [1.29, 1.82) is 0 Å². The summed E-state index contributed by atoms with van der Waals surface area (Å²) in [4.78, 5) is 0. The van der Waals surface area contributed by atoms with Gasteiger partial charge in [-0.3, -0.25) is 0 Å². The summed E-state index contributed by atoms with van der Waals surface area (Å²) in [5.74, 6) is 0.759. The third-order valence-corrected chi connectivity index (χ3v) is 3.53. The van der Waals surface area contributed by atoms with Crippen LogP contribution in [0.5, 0.6) is 0 Å². The molecule has 0 aliphatic heterocycles. The molecule has 16 heavy (non-hydrogen) atoms. The molecule has 0 radical (unpaired) electrons. The summed E-state index contributed by atoms with van der Waals surface area (Å²) in [6.45, 7) is 11.5. The van der Waals surface area contributed by atoms with Crippen molar-refractivity contribution in [2.24, 2.45) is 11.3 Å². The van der Waals surface area contributed by atoms with Crippen LogP contribution in [0.2, 0.25) is 0 Å². The van der Waals surface area contributed by atoms with Crippen molar-refractivity contribution in [3.8, 4) is 0 Å². The van der Waals surface area contributed by atoms with Gasteiger partial charge in [0.2, 0.25) is 0 Å². The zero-order valence-corrected chi connectivity index (χ0v) is 12.5. The van der Waals surface area contributed by atoms with Crippen molar-refractivity contribution in [2.75, 3.05) is 0 Å². The highest BCUT2D eigenvalue weighted by Gasteiger charge is 2.15. The Balaban J connectivity index is 2.63. The van der Waals surface area contributed by atoms with Gasteiger partial charge in [-0.1, -0.05) is 45.9 Å². The fourth-order valence-electron chi connectivity index (χ4n) is 2.38. The van der Waals surface area contributed by atoms with Gasteiger partial charge >= 0.3 is 0 Å². The van der Waals surface area contributed by atoms with Crippen LogP contribution in [0.3, 0.4) is 0 Å². The maximum atomic E-state index is 2.79. The van der Waals surface area contributed by atoms with E-state index in [4.69, 9.17) is 0 Å². The second-order valence-electron chi connectivity index (χ2n) is 6.27. The average Bonchev–Trinajstić information content (AvgIpc) is 2.08. The van der Waals surface area contributed by atoms with Crippen LogP contribution >= 0.6 is 9.24 Å². The number of hydrogen-bond donors (Lipinski definition) is 0. The Hall–Kier alpha value is -0.350. The molecule has 0 saturated heterocycles. The van der Waals surface area contributed by atoms with Crippen LogP contribution in [0.4, 0.5) is 0 Å². The fourth-order valence-corrected chi connectivity index (χ4v) is 2.56. The molecular formula is C15H25P. The Labute approximate surface area is 103 Å². The van der Waals surface area contributed by atoms with Crippen LogP contribution in [-0.4, -0.2) is 0 Å². The number of benzene rings is 1. The van der Waals surface area contributed by atoms with E-state index in [9.17, 15) is 0 Å². The summed E-state index contributed by atoms with van der Waals surface area (Å²) in [6.07, 6.45) is 2.48. The van der Waals surface area contributed by atoms with Gasteiger partial charge in [-0.2, -0.15) is 0 Å². The molecule has 0 saturated carbocycles. The molecule has 0 heterocycles. The molecule has 90 valence electrons. The van der Waals surface area contributed by atoms with Crippen molar-refractivity contribution in [2.45, 2.75) is 47.5 Å². The van der Waals surface area contributed by atoms with Crippen LogP contribution in [-0.2, 0) is 6.42 Å². The minimum Gasteiger partial charge on any atom is -0.105 e. The predicted molar refractivity (Wildman–Crippen MR) is 77.5 cm³/mol. The largest absolute Gasteiger partial charge is 0.105 e. The van der Waals surface area contributed by atoms with E-state index in [1.54, 1.807) is 0 Å². The number of rotatable bonds is 3. The number of aryl methyl sites for hydroxylation is 1. The van der Waals surface area contributed by atoms with Crippen LogP contribution < -0.4 is 5.30 Å². The Kier molecular flexibility index (Phi) is 4.56. The molecule has 0 aromatic heterocycles. The zero-order valence-electron chi connectivity index (χ0n) is 11.3. The van der Waals surface area contributed by atoms with Gasteiger partial charge in [0.15, 0.2) is 0 Å². The molecule has 1 aromatic rings. The second-order valence-corrected chi connectivity index (χ2v) is 6.89. The van der Waals surface area contributed by atoms with Crippen molar-refractivity contribution in [3.05, 3.63) is 29.3 Å². The van der Waals surface area contributed by atoms with Gasteiger partial charge in [-0.05, 0) is 47.5 Å². The maximum Gasteiger partial charge on any atom is -0.0253 e. The highest BCUT2D eigenvalue weighted by atomic mass is 31.0. The molecule has 0 bridgehead atoms. The molecule has 0 aliphatic carbocycles. The maximum absolute atomic E-state index is 2.79. The zero-order chi connectivity index (χ0) is 12.3. The monoisotopic (exact) mass is 236 g/mol. The lowest BCUT2D eigenvalue weighted by molar-refractivity contribution is 0.306. The molecule has 2 atom stereocenters. The number of hydrogen-bond acceptors (Lipinski definition) is 0. The van der Waals surface area contributed by atoms with Gasteiger partial charge < -0.3 is 0 Å². The van der Waals surface area contributed by atoms with E-state index in [-0.39, 0.29) is 0 Å². The molecule has 0 fully saturated rings. The Morgan fingerprint density at radius 1 is 1.25 bits per heavy atom. The molecule has 2 unspecified atom stereocenters. The van der Waals surface area contributed by atoms with E-state index in [1.807, 2.05) is 0 Å². The van der Waals surface area contributed by atoms with Gasteiger partial charge in [0, 0.05) is 0 Å². The van der Waals surface area contributed by atoms with Crippen molar-refractivity contribution < 1.29 is 0 Å². The summed E-state index contributed by atoms with van der Waals surface area (Å²) < 4.78 is 0. The normalized spacial score (nSPS) is 13.9. The molecule has 0 amide bonds. The van der Waals surface area contributed by atoms with E-state index in [0.29, 0.717) is 5.41 Å². The molecular weight excluding hydrogens is 211 g/mol. The minimum atomic E-state index is 0.439. The first-order valence-corrected chi connectivity index (χ1v) is 6.71. The van der Waals surface area contributed by atoms with Crippen LogP contribution in [0.25, 0.3) is 0 Å². The van der Waals surface area contributed by atoms with Gasteiger partial charge in [-0.15, -0.1) is 9.24 Å². The summed E-state index contributed by atoms with van der Waals surface area (Å²) in [7, 11) is 2.79. The van der Waals surface area contributed by atoms with Gasteiger partial charge in [0.1, 0.15) is 0 Å². The lowest BCUT2D eigenvalue weighted by Crippen LogP contribution is -2.13. The predicted octanol–water partition coefficient (Wildman–Crippen LogP) is 4.11. The molecule has 0 spiro atoms. The van der Waals surface area contributed by atoms with E-state index in [0.717, 1.165) is 5.92 Å². The Morgan fingerprint density at radius 3 is 2.38 bits per heavy atom. The third-order valence-electron chi connectivity index (χ3n) is 2.88. The summed E-state index contributed by atoms with van der Waals surface area (Å²) >= 11 is 0. The van der Waals surface area contributed by atoms with E-state index in [1.165, 1.54) is 29.3 Å². The first kappa shape index (κ1) is 13.7. The molecule has 1 rings (SSSR count). The lowest BCUT2D eigenvalue weighted by Gasteiger charge is -2.23. The van der Waals surface area contributed by atoms with Crippen LogP contribution in [0.1, 0.15) is 45.2 Å². The van der Waals surface area contributed by atoms with Crippen LogP contribution in [0.15, 0.2) is 18.2 Å². The average molecular weight is 236 g/mol. The van der Waals surface area contributed by atoms with Gasteiger partial charge in [-0.25, -0.2) is 0 Å². The third kappa shape index (κ3) is 4.66. The topological polar surface area (TPSA) is 0 Å². The Bertz CT molecular complexity index is 347. The van der Waals surface area contributed by atoms with E-state index < -0.39 is 0 Å². The van der Waals surface area contributed by atoms with E-state index >= 15 is 0 Å². The molecule has 1 heteroatoms. The van der Waals surface area contributed by atoms with Crippen LogP contribution in [0, 0.1) is 18.3 Å². The summed E-state index contributed by atoms with van der Waals surface area (Å²) in [6, 6.07) is 6.79. The second kappa shape index (κ2) is 5.32. The molecule has 0 aliphatic rings. The van der Waals surface area contributed by atoms with E-state index in [2.05, 4.69) is 62.1 Å². The first-order chi connectivity index (χ1) is 7.28. The fraction of sp³-hybridized carbons (Fsp3) is 0.600. The summed E-state index contributed by atoms with van der Waals surface area (Å²) in [5.41, 5.74) is 3.29. The van der Waals surface area contributed by atoms with Crippen molar-refractivity contribution in [1.82, 2.24) is 0 Å². The highest BCUT2D eigenvalue weighted by molar-refractivity contribution is 7.27. The van der Waals surface area contributed by atoms with Gasteiger partial charge in [0.25, 0.3) is 0 Å². The quantitative estimate of drug-likeness (QED) is 0.693. The standard InChI is InChI=1S/C15H25P/c1-11(10-15(3,4)5)8-13-6-7-14(16)12(2)9-13/h6-7,9,11H,8,10,16H2,1-5H3. The molecule has 1 aromatic carbocycles. The van der Waals surface area contributed by atoms with Crippen molar-refractivity contribution >= 4 is 14.5 Å². The highest BCUT2D eigenvalue weighted by Crippen LogP contribution is 2.26. The molecule has 0 N–H and O–H groups in total. The minimum absolute atomic E-state index is 0.439. The summed E-state index contributed by atoms with van der Waals surface area (Å²) in [5, 5.41) is 1.31. The first-order valence-electron chi connectivity index (χ1n) is 6.13. The lowest BCUT2D eigenvalue weighted by atomic mass is 9.83. The molecule has 0 nitrogen and oxygen atoms in total. The van der Waals surface area contributed by atoms with Gasteiger partial charge in [0.05, 0.1) is 0 Å². The Morgan fingerprint density at radius 2 is 1.88 bits per heavy atom.